The van der Waals surface area contributed by atoms with Crippen molar-refractivity contribution in [2.24, 2.45) is 5.92 Å². The smallest absolute Gasteiger partial charge is 0.135 e. The largest absolute Gasteiger partial charge is 0.457 e. The normalized spacial score (nSPS) is 10.9. The molecule has 0 saturated carbocycles. The first-order valence-electron chi connectivity index (χ1n) is 7.45. The second-order valence-electron chi connectivity index (χ2n) is 5.88. The Morgan fingerprint density at radius 2 is 1.95 bits per heavy atom. The van der Waals surface area contributed by atoms with Crippen LogP contribution in [0.3, 0.4) is 0 Å². The lowest BCUT2D eigenvalue weighted by molar-refractivity contribution is 0.464. The van der Waals surface area contributed by atoms with Gasteiger partial charge in [-0.15, -0.1) is 0 Å². The third kappa shape index (κ3) is 4.57. The molecule has 1 N–H and O–H groups in total. The van der Waals surface area contributed by atoms with Gasteiger partial charge in [0, 0.05) is 24.5 Å². The van der Waals surface area contributed by atoms with Crippen LogP contribution >= 0.6 is 0 Å². The first kappa shape index (κ1) is 15.5. The Morgan fingerprint density at radius 1 is 1.14 bits per heavy atom. The van der Waals surface area contributed by atoms with Gasteiger partial charge in [0.05, 0.1) is 0 Å². The van der Waals surface area contributed by atoms with Crippen LogP contribution < -0.4 is 10.1 Å². The summed E-state index contributed by atoms with van der Waals surface area (Å²) in [7, 11) is 0. The van der Waals surface area contributed by atoms with Crippen molar-refractivity contribution < 1.29 is 4.74 Å². The van der Waals surface area contributed by atoms with E-state index in [4.69, 9.17) is 4.74 Å². The van der Waals surface area contributed by atoms with Crippen molar-refractivity contribution in [3.05, 3.63) is 53.3 Å². The predicted octanol–water partition coefficient (Wildman–Crippen LogP) is 4.24. The zero-order valence-electron chi connectivity index (χ0n) is 13.3. The van der Waals surface area contributed by atoms with Gasteiger partial charge in [0.2, 0.25) is 0 Å². The molecule has 0 bridgehead atoms. The van der Waals surface area contributed by atoms with Crippen LogP contribution in [0.25, 0.3) is 0 Å². The van der Waals surface area contributed by atoms with Crippen molar-refractivity contribution in [2.45, 2.75) is 34.2 Å². The van der Waals surface area contributed by atoms with E-state index in [0.717, 1.165) is 35.7 Å². The Labute approximate surface area is 127 Å². The third-order valence-electron chi connectivity index (χ3n) is 3.29. The summed E-state index contributed by atoms with van der Waals surface area (Å²) in [6.45, 7) is 10.3. The van der Waals surface area contributed by atoms with Gasteiger partial charge in [0.25, 0.3) is 0 Å². The molecule has 0 amide bonds. The molecular weight excluding hydrogens is 260 g/mol. The summed E-state index contributed by atoms with van der Waals surface area (Å²) in [6, 6.07) is 8.18. The maximum atomic E-state index is 6.10. The lowest BCUT2D eigenvalue weighted by Crippen LogP contribution is -2.19. The van der Waals surface area contributed by atoms with Gasteiger partial charge in [-0.25, -0.2) is 0 Å². The molecule has 0 radical (unpaired) electrons. The highest BCUT2D eigenvalue weighted by atomic mass is 16.5. The molecule has 3 nitrogen and oxygen atoms in total. The predicted molar refractivity (Wildman–Crippen MR) is 86.8 cm³/mol. The molecule has 1 heterocycles. The molecule has 112 valence electrons. The van der Waals surface area contributed by atoms with Gasteiger partial charge in [0.15, 0.2) is 0 Å². The maximum absolute atomic E-state index is 6.10. The van der Waals surface area contributed by atoms with E-state index in [1.165, 1.54) is 5.56 Å². The van der Waals surface area contributed by atoms with Crippen LogP contribution in [0.2, 0.25) is 0 Å². The summed E-state index contributed by atoms with van der Waals surface area (Å²) in [5.74, 6) is 2.41. The first-order chi connectivity index (χ1) is 10.1. The molecule has 2 rings (SSSR count). The quantitative estimate of drug-likeness (QED) is 0.861. The fourth-order valence-electron chi connectivity index (χ4n) is 2.08. The van der Waals surface area contributed by atoms with Crippen molar-refractivity contribution in [1.29, 1.82) is 0 Å². The highest BCUT2D eigenvalue weighted by molar-refractivity contribution is 5.41. The molecule has 0 unspecified atom stereocenters. The zero-order valence-corrected chi connectivity index (χ0v) is 13.3. The Bertz CT molecular complexity index is 594. The third-order valence-corrected chi connectivity index (χ3v) is 3.29. The number of rotatable bonds is 6. The van der Waals surface area contributed by atoms with Crippen molar-refractivity contribution in [1.82, 2.24) is 10.3 Å². The minimum absolute atomic E-state index is 0.630. The number of nitrogens with one attached hydrogen (secondary N) is 1. The van der Waals surface area contributed by atoms with E-state index in [-0.39, 0.29) is 0 Å². The van der Waals surface area contributed by atoms with Gasteiger partial charge >= 0.3 is 0 Å². The highest BCUT2D eigenvalue weighted by Gasteiger charge is 2.07. The molecule has 0 atom stereocenters. The van der Waals surface area contributed by atoms with Crippen molar-refractivity contribution >= 4 is 0 Å². The fourth-order valence-corrected chi connectivity index (χ4v) is 2.08. The number of hydrogen-bond donors (Lipinski definition) is 1. The van der Waals surface area contributed by atoms with Crippen LogP contribution in [0.5, 0.6) is 11.5 Å². The Kier molecular flexibility index (Phi) is 5.34. The Balaban J connectivity index is 2.14. The fraction of sp³-hybridized carbons (Fsp3) is 0.389. The molecule has 0 aliphatic heterocycles. The molecule has 0 fully saturated rings. The van der Waals surface area contributed by atoms with E-state index in [1.54, 1.807) is 6.20 Å². The molecule has 1 aromatic heterocycles. The zero-order chi connectivity index (χ0) is 15.2. The van der Waals surface area contributed by atoms with Crippen LogP contribution in [-0.2, 0) is 6.54 Å². The average molecular weight is 284 g/mol. The van der Waals surface area contributed by atoms with Crippen molar-refractivity contribution in [3.8, 4) is 11.5 Å². The molecule has 3 heteroatoms. The number of benzene rings is 1. The van der Waals surface area contributed by atoms with Gasteiger partial charge in [0.1, 0.15) is 11.5 Å². The number of pyridine rings is 1. The number of aryl methyl sites for hydroxylation is 2. The lowest BCUT2D eigenvalue weighted by Gasteiger charge is -2.14. The van der Waals surface area contributed by atoms with Crippen LogP contribution in [0.15, 0.2) is 36.7 Å². The summed E-state index contributed by atoms with van der Waals surface area (Å²) >= 11 is 0. The summed E-state index contributed by atoms with van der Waals surface area (Å²) in [6.07, 6.45) is 3.64. The Morgan fingerprint density at radius 3 is 2.71 bits per heavy atom. The van der Waals surface area contributed by atoms with E-state index in [2.05, 4.69) is 56.2 Å². The van der Waals surface area contributed by atoms with Gasteiger partial charge < -0.3 is 10.1 Å². The molecule has 1 aromatic carbocycles. The van der Waals surface area contributed by atoms with E-state index in [0.29, 0.717) is 5.92 Å². The van der Waals surface area contributed by atoms with Crippen LogP contribution in [0, 0.1) is 19.8 Å². The number of nitrogens with zero attached hydrogens (tertiary/aromatic N) is 1. The van der Waals surface area contributed by atoms with Gasteiger partial charge in [-0.05, 0) is 49.6 Å². The van der Waals surface area contributed by atoms with E-state index in [1.807, 2.05) is 12.3 Å². The van der Waals surface area contributed by atoms with Crippen molar-refractivity contribution in [2.75, 3.05) is 6.54 Å². The van der Waals surface area contributed by atoms with E-state index < -0.39 is 0 Å². The maximum Gasteiger partial charge on any atom is 0.135 e. The summed E-state index contributed by atoms with van der Waals surface area (Å²) < 4.78 is 6.10. The number of aromatic nitrogens is 1. The number of ether oxygens (including phenoxy) is 1. The van der Waals surface area contributed by atoms with E-state index >= 15 is 0 Å². The van der Waals surface area contributed by atoms with Crippen LogP contribution in [0.1, 0.15) is 30.5 Å². The number of hydrogen-bond acceptors (Lipinski definition) is 3. The molecule has 0 spiro atoms. The molecule has 21 heavy (non-hydrogen) atoms. The summed E-state index contributed by atoms with van der Waals surface area (Å²) in [4.78, 5) is 4.20. The van der Waals surface area contributed by atoms with Crippen LogP contribution in [0.4, 0.5) is 0 Å². The average Bonchev–Trinajstić information content (AvgIpc) is 2.44. The summed E-state index contributed by atoms with van der Waals surface area (Å²) in [5, 5.41) is 3.43. The Hall–Kier alpha value is -1.87. The minimum atomic E-state index is 0.630. The van der Waals surface area contributed by atoms with Gasteiger partial charge in [-0.2, -0.15) is 0 Å². The second-order valence-corrected chi connectivity index (χ2v) is 5.88. The first-order valence-corrected chi connectivity index (χ1v) is 7.45. The van der Waals surface area contributed by atoms with Gasteiger partial charge in [-0.1, -0.05) is 26.0 Å². The monoisotopic (exact) mass is 284 g/mol. The minimum Gasteiger partial charge on any atom is -0.457 e. The molecule has 2 aromatic rings. The van der Waals surface area contributed by atoms with E-state index in [9.17, 15) is 0 Å². The molecule has 0 aliphatic rings. The SMILES string of the molecule is Cc1ccc(C)c(Oc2ccncc2CNCC(C)C)c1. The second kappa shape index (κ2) is 7.23. The highest BCUT2D eigenvalue weighted by Crippen LogP contribution is 2.28. The van der Waals surface area contributed by atoms with Crippen molar-refractivity contribution in [3.63, 3.8) is 0 Å². The van der Waals surface area contributed by atoms with Gasteiger partial charge in [-0.3, -0.25) is 4.98 Å². The summed E-state index contributed by atoms with van der Waals surface area (Å²) in [5.41, 5.74) is 3.42. The standard InChI is InChI=1S/C18H24N2O/c1-13(2)10-20-12-16-11-19-8-7-17(16)21-18-9-14(3)5-6-15(18)4/h5-9,11,13,20H,10,12H2,1-4H3. The topological polar surface area (TPSA) is 34.1 Å². The molecular formula is C18H24N2O. The molecule has 0 aliphatic carbocycles. The van der Waals surface area contributed by atoms with Crippen LogP contribution in [-0.4, -0.2) is 11.5 Å². The lowest BCUT2D eigenvalue weighted by atomic mass is 10.1. The molecule has 0 saturated heterocycles.